The molecule has 2 aromatic rings. The number of amides is 1. The Morgan fingerprint density at radius 1 is 1.32 bits per heavy atom. The van der Waals surface area contributed by atoms with Crippen LogP contribution in [0.15, 0.2) is 12.1 Å². The minimum absolute atomic E-state index is 0.205. The van der Waals surface area contributed by atoms with Crippen molar-refractivity contribution in [3.8, 4) is 0 Å². The summed E-state index contributed by atoms with van der Waals surface area (Å²) in [6.45, 7) is 7.77. The van der Waals surface area contributed by atoms with Crippen LogP contribution in [0.25, 0.3) is 10.9 Å². The highest BCUT2D eigenvalue weighted by Gasteiger charge is 2.26. The number of hydrogen-bond donors (Lipinski definition) is 1. The van der Waals surface area contributed by atoms with Gasteiger partial charge in [-0.15, -0.1) is 0 Å². The molecule has 1 N–H and O–H groups in total. The van der Waals surface area contributed by atoms with E-state index in [1.54, 1.807) is 26.8 Å². The molecular weight excluding hydrogens is 326 g/mol. The number of carbonyl (C=O) groups excluding carboxylic acids is 1. The van der Waals surface area contributed by atoms with Crippen molar-refractivity contribution in [2.75, 3.05) is 0 Å². The van der Waals surface area contributed by atoms with E-state index in [0.29, 0.717) is 17.4 Å². The van der Waals surface area contributed by atoms with Gasteiger partial charge in [0.2, 0.25) is 0 Å². The lowest BCUT2D eigenvalue weighted by atomic mass is 10.1. The molecule has 0 radical (unpaired) electrons. The van der Waals surface area contributed by atoms with Crippen LogP contribution in [0.2, 0.25) is 0 Å². The van der Waals surface area contributed by atoms with Gasteiger partial charge < -0.3 is 14.6 Å². The molecule has 1 heterocycles. The first-order valence-electron chi connectivity index (χ1n) is 8.65. The van der Waals surface area contributed by atoms with Gasteiger partial charge in [-0.1, -0.05) is 0 Å². The predicted molar refractivity (Wildman–Crippen MR) is 92.7 cm³/mol. The maximum absolute atomic E-state index is 14.3. The summed E-state index contributed by atoms with van der Waals surface area (Å²) < 4.78 is 35.3. The monoisotopic (exact) mass is 350 g/mol. The normalized spacial score (nSPS) is 15.3. The summed E-state index contributed by atoms with van der Waals surface area (Å²) in [6.07, 6.45) is 2.05. The van der Waals surface area contributed by atoms with Gasteiger partial charge in [0, 0.05) is 23.7 Å². The second-order valence-corrected chi connectivity index (χ2v) is 7.69. The Labute approximate surface area is 146 Å². The highest BCUT2D eigenvalue weighted by atomic mass is 19.2. The van der Waals surface area contributed by atoms with Crippen LogP contribution in [-0.2, 0) is 24.1 Å². The third-order valence-corrected chi connectivity index (χ3v) is 4.40. The number of carbonyl (C=O) groups is 1. The van der Waals surface area contributed by atoms with Crippen molar-refractivity contribution < 1.29 is 18.3 Å². The van der Waals surface area contributed by atoms with Gasteiger partial charge in [0.05, 0.1) is 5.52 Å². The molecule has 0 fully saturated rings. The number of hydrogen-bond acceptors (Lipinski definition) is 2. The van der Waals surface area contributed by atoms with E-state index < -0.39 is 23.3 Å². The maximum Gasteiger partial charge on any atom is 0.407 e. The van der Waals surface area contributed by atoms with Gasteiger partial charge >= 0.3 is 6.09 Å². The Kier molecular flexibility index (Phi) is 4.47. The van der Waals surface area contributed by atoms with Crippen LogP contribution in [0.5, 0.6) is 0 Å². The largest absolute Gasteiger partial charge is 0.444 e. The fourth-order valence-corrected chi connectivity index (χ4v) is 3.53. The van der Waals surface area contributed by atoms with Crippen LogP contribution in [0, 0.1) is 11.6 Å². The molecule has 136 valence electrons. The van der Waals surface area contributed by atoms with E-state index in [1.165, 1.54) is 0 Å². The van der Waals surface area contributed by atoms with Crippen molar-refractivity contribution in [2.45, 2.75) is 65.1 Å². The number of nitrogens with one attached hydrogen (secondary N) is 1. The number of rotatable bonds is 3. The maximum atomic E-state index is 14.3. The molecule has 0 bridgehead atoms. The third kappa shape index (κ3) is 3.48. The third-order valence-electron chi connectivity index (χ3n) is 4.40. The van der Waals surface area contributed by atoms with Gasteiger partial charge in [0.25, 0.3) is 0 Å². The average Bonchev–Trinajstić information content (AvgIpc) is 3.03. The van der Waals surface area contributed by atoms with Crippen molar-refractivity contribution in [2.24, 2.45) is 0 Å². The van der Waals surface area contributed by atoms with E-state index in [2.05, 4.69) is 5.32 Å². The number of ether oxygens (including phenoxy) is 1. The molecule has 1 aliphatic rings. The molecule has 0 saturated carbocycles. The first kappa shape index (κ1) is 17.7. The Morgan fingerprint density at radius 2 is 2.04 bits per heavy atom. The van der Waals surface area contributed by atoms with Crippen LogP contribution in [0.3, 0.4) is 0 Å². The minimum Gasteiger partial charge on any atom is -0.444 e. The van der Waals surface area contributed by atoms with Crippen LogP contribution < -0.4 is 5.32 Å². The van der Waals surface area contributed by atoms with Crippen molar-refractivity contribution in [1.82, 2.24) is 9.88 Å². The van der Waals surface area contributed by atoms with E-state index in [9.17, 15) is 13.6 Å². The summed E-state index contributed by atoms with van der Waals surface area (Å²) in [4.78, 5) is 11.9. The number of aryl methyl sites for hydroxylation is 1. The molecule has 1 aromatic heterocycles. The van der Waals surface area contributed by atoms with Crippen LogP contribution >= 0.6 is 0 Å². The summed E-state index contributed by atoms with van der Waals surface area (Å²) in [6, 6.07) is 2.57. The van der Waals surface area contributed by atoms with Crippen molar-refractivity contribution in [3.63, 3.8) is 0 Å². The number of halogens is 2. The molecule has 1 atom stereocenters. The van der Waals surface area contributed by atoms with Gasteiger partial charge in [-0.2, -0.15) is 0 Å². The number of nitrogens with zero attached hydrogens (tertiary/aromatic N) is 1. The first-order chi connectivity index (χ1) is 11.7. The van der Waals surface area contributed by atoms with Crippen LogP contribution in [-0.4, -0.2) is 22.3 Å². The highest BCUT2D eigenvalue weighted by molar-refractivity contribution is 5.87. The zero-order chi connectivity index (χ0) is 18.4. The lowest BCUT2D eigenvalue weighted by molar-refractivity contribution is 0.0504. The Bertz CT molecular complexity index is 821. The zero-order valence-corrected chi connectivity index (χ0v) is 15.1. The number of benzene rings is 1. The zero-order valence-electron chi connectivity index (χ0n) is 15.1. The summed E-state index contributed by atoms with van der Waals surface area (Å²) in [7, 11) is 0. The second-order valence-electron chi connectivity index (χ2n) is 7.69. The standard InChI is InChI=1S/C19H24F2N2O2/c1-11(22-18(24)25-19(2,3)4)10-23-14-7-5-6-12(14)16-15(23)9-8-13(20)17(16)21/h8-9,11H,5-7,10H2,1-4H3,(H,22,24). The van der Waals surface area contributed by atoms with Gasteiger partial charge in [-0.05, 0) is 64.7 Å². The molecule has 25 heavy (non-hydrogen) atoms. The molecule has 0 aliphatic heterocycles. The number of fused-ring (bicyclic) bond motifs is 3. The molecule has 0 spiro atoms. The molecule has 6 heteroatoms. The summed E-state index contributed by atoms with van der Waals surface area (Å²) in [5, 5.41) is 3.19. The Hall–Kier alpha value is -2.11. The summed E-state index contributed by atoms with van der Waals surface area (Å²) >= 11 is 0. The van der Waals surface area contributed by atoms with E-state index in [4.69, 9.17) is 4.74 Å². The Morgan fingerprint density at radius 3 is 2.72 bits per heavy atom. The fraction of sp³-hybridized carbons (Fsp3) is 0.526. The number of aromatic nitrogens is 1. The van der Waals surface area contributed by atoms with Crippen molar-refractivity contribution >= 4 is 17.0 Å². The fourth-order valence-electron chi connectivity index (χ4n) is 3.53. The average molecular weight is 350 g/mol. The summed E-state index contributed by atoms with van der Waals surface area (Å²) in [5.41, 5.74) is 2.06. The van der Waals surface area contributed by atoms with Gasteiger partial charge in [0.1, 0.15) is 5.60 Å². The molecule has 0 saturated heterocycles. The predicted octanol–water partition coefficient (Wildman–Crippen LogP) is 4.32. The lowest BCUT2D eigenvalue weighted by Crippen LogP contribution is -2.39. The molecule has 1 aliphatic carbocycles. The topological polar surface area (TPSA) is 43.3 Å². The quantitative estimate of drug-likeness (QED) is 0.896. The van der Waals surface area contributed by atoms with E-state index in [0.717, 1.165) is 36.6 Å². The number of alkyl carbamates (subject to hydrolysis) is 1. The second kappa shape index (κ2) is 6.32. The van der Waals surface area contributed by atoms with Gasteiger partial charge in [-0.3, -0.25) is 0 Å². The molecule has 1 aromatic carbocycles. The molecule has 1 unspecified atom stereocenters. The van der Waals surface area contributed by atoms with E-state index in [-0.39, 0.29) is 6.04 Å². The minimum atomic E-state index is -0.820. The molecule has 1 amide bonds. The summed E-state index contributed by atoms with van der Waals surface area (Å²) in [5.74, 6) is -1.60. The Balaban J connectivity index is 1.87. The van der Waals surface area contributed by atoms with E-state index >= 15 is 0 Å². The molecule has 3 rings (SSSR count). The van der Waals surface area contributed by atoms with E-state index in [1.807, 2.05) is 11.5 Å². The van der Waals surface area contributed by atoms with Gasteiger partial charge in [-0.25, -0.2) is 13.6 Å². The smallest absolute Gasteiger partial charge is 0.407 e. The van der Waals surface area contributed by atoms with Crippen LogP contribution in [0.4, 0.5) is 13.6 Å². The van der Waals surface area contributed by atoms with Crippen molar-refractivity contribution in [1.29, 1.82) is 0 Å². The first-order valence-corrected chi connectivity index (χ1v) is 8.65. The SMILES string of the molecule is CC(Cn1c2c(c3c(F)c(F)ccc31)CCC2)NC(=O)OC(C)(C)C. The molecule has 4 nitrogen and oxygen atoms in total. The van der Waals surface area contributed by atoms with Gasteiger partial charge in [0.15, 0.2) is 11.6 Å². The highest BCUT2D eigenvalue weighted by Crippen LogP contribution is 2.35. The molecular formula is C19H24F2N2O2. The van der Waals surface area contributed by atoms with Crippen molar-refractivity contribution in [3.05, 3.63) is 35.0 Å². The van der Waals surface area contributed by atoms with Crippen LogP contribution in [0.1, 0.15) is 45.4 Å². The lowest BCUT2D eigenvalue weighted by Gasteiger charge is -2.23.